The zero-order chi connectivity index (χ0) is 21.1. The van der Waals surface area contributed by atoms with Gasteiger partial charge in [-0.1, -0.05) is 24.3 Å². The Hall–Kier alpha value is -3.98. The summed E-state index contributed by atoms with van der Waals surface area (Å²) >= 11 is 5.02. The molecule has 5 N–H and O–H groups in total. The van der Waals surface area contributed by atoms with Gasteiger partial charge in [0.2, 0.25) is 0 Å². The number of aromatic amines is 2. The number of halogens is 1. The van der Waals surface area contributed by atoms with Crippen LogP contribution >= 0.6 is 12.2 Å². The quantitative estimate of drug-likeness (QED) is 0.291. The summed E-state index contributed by atoms with van der Waals surface area (Å²) < 4.78 is 14.2. The molecule has 0 saturated carbocycles. The summed E-state index contributed by atoms with van der Waals surface area (Å²) in [6, 6.07) is 17.6. The van der Waals surface area contributed by atoms with E-state index in [2.05, 4.69) is 25.9 Å². The average molecular weight is 421 g/mol. The number of H-pyrrole nitrogens is 2. The lowest BCUT2D eigenvalue weighted by atomic mass is 10.1. The van der Waals surface area contributed by atoms with Crippen molar-refractivity contribution >= 4 is 52.3 Å². The number of rotatable bonds is 4. The van der Waals surface area contributed by atoms with Crippen LogP contribution in [-0.4, -0.2) is 21.9 Å². The van der Waals surface area contributed by atoms with Crippen molar-refractivity contribution in [2.24, 2.45) is 0 Å². The first-order valence-corrected chi connectivity index (χ1v) is 9.35. The summed E-state index contributed by atoms with van der Waals surface area (Å²) in [5, 5.41) is 8.11. The predicted molar refractivity (Wildman–Crippen MR) is 117 cm³/mol. The van der Waals surface area contributed by atoms with E-state index in [1.807, 2.05) is 18.2 Å². The fourth-order valence-electron chi connectivity index (χ4n) is 2.97. The number of hydrogen-bond acceptors (Lipinski definition) is 3. The average Bonchev–Trinajstić information content (AvgIpc) is 3.08. The number of amides is 3. The standard InChI is InChI=1S/C21H16FN5O2S/c22-12-9-16(18-17(10-12)26-21(30)27-18)19(28)23-14-7-4-8-15(11-14)25-20(29)24-13-5-2-1-3-6-13/h1-11H,(H,23,28)(H2,24,25,29)(H2,26,27,30). The van der Waals surface area contributed by atoms with E-state index >= 15 is 0 Å². The highest BCUT2D eigenvalue weighted by Gasteiger charge is 2.15. The molecule has 3 amide bonds. The third-order valence-electron chi connectivity index (χ3n) is 4.24. The molecule has 3 aromatic carbocycles. The van der Waals surface area contributed by atoms with Crippen molar-refractivity contribution in [2.75, 3.05) is 16.0 Å². The number of carbonyl (C=O) groups is 2. The summed E-state index contributed by atoms with van der Waals surface area (Å²) in [5.74, 6) is -1.08. The van der Waals surface area contributed by atoms with E-state index in [9.17, 15) is 14.0 Å². The van der Waals surface area contributed by atoms with E-state index in [0.717, 1.165) is 6.07 Å². The van der Waals surface area contributed by atoms with Gasteiger partial charge in [0.05, 0.1) is 16.6 Å². The van der Waals surface area contributed by atoms with Gasteiger partial charge in [0.25, 0.3) is 5.91 Å². The molecule has 0 bridgehead atoms. The number of para-hydroxylation sites is 1. The molecule has 4 aromatic rings. The first kappa shape index (κ1) is 19.3. The molecule has 4 rings (SSSR count). The van der Waals surface area contributed by atoms with Crippen molar-refractivity contribution in [3.05, 3.63) is 82.9 Å². The number of aromatic nitrogens is 2. The minimum atomic E-state index is -0.564. The molecule has 9 heteroatoms. The minimum absolute atomic E-state index is 0.109. The molecule has 0 aliphatic carbocycles. The molecule has 0 atom stereocenters. The van der Waals surface area contributed by atoms with E-state index in [0.29, 0.717) is 32.9 Å². The fraction of sp³-hybridized carbons (Fsp3) is 0. The molecule has 0 spiro atoms. The second-order valence-corrected chi connectivity index (χ2v) is 6.84. The Kier molecular flexibility index (Phi) is 5.27. The first-order valence-electron chi connectivity index (χ1n) is 8.94. The van der Waals surface area contributed by atoms with Gasteiger partial charge in [-0.15, -0.1) is 0 Å². The zero-order valence-corrected chi connectivity index (χ0v) is 16.3. The van der Waals surface area contributed by atoms with Gasteiger partial charge < -0.3 is 25.9 Å². The van der Waals surface area contributed by atoms with Crippen molar-refractivity contribution in [3.63, 3.8) is 0 Å². The summed E-state index contributed by atoms with van der Waals surface area (Å²) in [4.78, 5) is 30.5. The summed E-state index contributed by atoms with van der Waals surface area (Å²) in [6.45, 7) is 0. The molecular formula is C21H16FN5O2S. The van der Waals surface area contributed by atoms with E-state index in [-0.39, 0.29) is 5.56 Å². The van der Waals surface area contributed by atoms with Crippen LogP contribution in [0.2, 0.25) is 0 Å². The van der Waals surface area contributed by atoms with Crippen molar-refractivity contribution in [1.82, 2.24) is 9.97 Å². The maximum atomic E-state index is 13.9. The zero-order valence-electron chi connectivity index (χ0n) is 15.5. The van der Waals surface area contributed by atoms with Gasteiger partial charge in [-0.3, -0.25) is 4.79 Å². The van der Waals surface area contributed by atoms with E-state index in [1.165, 1.54) is 6.07 Å². The van der Waals surface area contributed by atoms with Gasteiger partial charge in [-0.2, -0.15) is 0 Å². The smallest absolute Gasteiger partial charge is 0.323 e. The van der Waals surface area contributed by atoms with Gasteiger partial charge in [0.1, 0.15) is 5.82 Å². The van der Waals surface area contributed by atoms with E-state index < -0.39 is 17.8 Å². The summed E-state index contributed by atoms with van der Waals surface area (Å²) in [6.07, 6.45) is 0. The van der Waals surface area contributed by atoms with Crippen LogP contribution in [0.1, 0.15) is 10.4 Å². The molecule has 7 nitrogen and oxygen atoms in total. The lowest BCUT2D eigenvalue weighted by Gasteiger charge is -2.10. The molecule has 150 valence electrons. The SMILES string of the molecule is O=C(Nc1ccccc1)Nc1cccc(NC(=O)c2cc(F)cc3[nH]c(=S)[nH]c23)c1. The van der Waals surface area contributed by atoms with Gasteiger partial charge in [0.15, 0.2) is 4.77 Å². The first-order chi connectivity index (χ1) is 14.5. The Morgan fingerprint density at radius 2 is 1.47 bits per heavy atom. The van der Waals surface area contributed by atoms with Crippen LogP contribution < -0.4 is 16.0 Å². The van der Waals surface area contributed by atoms with Gasteiger partial charge >= 0.3 is 6.03 Å². The number of imidazole rings is 1. The van der Waals surface area contributed by atoms with Gasteiger partial charge in [-0.25, -0.2) is 9.18 Å². The molecule has 0 fully saturated rings. The number of nitrogens with one attached hydrogen (secondary N) is 5. The van der Waals surface area contributed by atoms with Crippen molar-refractivity contribution in [3.8, 4) is 0 Å². The number of benzene rings is 3. The Morgan fingerprint density at radius 1 is 0.800 bits per heavy atom. The third-order valence-corrected chi connectivity index (χ3v) is 4.45. The molecule has 0 unspecified atom stereocenters. The van der Waals surface area contributed by atoms with Crippen LogP contribution in [0, 0.1) is 10.6 Å². The number of urea groups is 1. The molecule has 0 saturated heterocycles. The van der Waals surface area contributed by atoms with E-state index in [1.54, 1.807) is 36.4 Å². The molecule has 1 aromatic heterocycles. The molecule has 0 aliphatic heterocycles. The van der Waals surface area contributed by atoms with Gasteiger partial charge in [-0.05, 0) is 54.7 Å². The molecule has 0 radical (unpaired) electrons. The molecule has 0 aliphatic rings. The predicted octanol–water partition coefficient (Wildman–Crippen LogP) is 5.26. The number of hydrogen-bond donors (Lipinski definition) is 5. The third kappa shape index (κ3) is 4.36. The van der Waals surface area contributed by atoms with Crippen LogP contribution in [0.3, 0.4) is 0 Å². The second-order valence-electron chi connectivity index (χ2n) is 6.44. The van der Waals surface area contributed by atoms with Crippen molar-refractivity contribution in [2.45, 2.75) is 0 Å². The molecular weight excluding hydrogens is 405 g/mol. The van der Waals surface area contributed by atoms with Crippen LogP contribution in [0.15, 0.2) is 66.7 Å². The fourth-order valence-corrected chi connectivity index (χ4v) is 3.19. The summed E-state index contributed by atoms with van der Waals surface area (Å²) in [5.41, 5.74) is 2.49. The van der Waals surface area contributed by atoms with Crippen LogP contribution in [0.4, 0.5) is 26.2 Å². The van der Waals surface area contributed by atoms with E-state index in [4.69, 9.17) is 12.2 Å². The second kappa shape index (κ2) is 8.18. The van der Waals surface area contributed by atoms with Gasteiger partial charge in [0, 0.05) is 17.1 Å². The maximum absolute atomic E-state index is 13.9. The molecule has 30 heavy (non-hydrogen) atoms. The summed E-state index contributed by atoms with van der Waals surface area (Å²) in [7, 11) is 0. The Balaban J connectivity index is 1.50. The Morgan fingerprint density at radius 3 is 2.23 bits per heavy atom. The largest absolute Gasteiger partial charge is 0.331 e. The number of carbonyl (C=O) groups excluding carboxylic acids is 2. The Labute approximate surface area is 175 Å². The van der Waals surface area contributed by atoms with Crippen LogP contribution in [0.25, 0.3) is 11.0 Å². The van der Waals surface area contributed by atoms with Crippen LogP contribution in [0.5, 0.6) is 0 Å². The monoisotopic (exact) mass is 421 g/mol. The maximum Gasteiger partial charge on any atom is 0.323 e. The highest BCUT2D eigenvalue weighted by Crippen LogP contribution is 2.21. The lowest BCUT2D eigenvalue weighted by molar-refractivity contribution is 0.102. The normalized spacial score (nSPS) is 10.6. The lowest BCUT2D eigenvalue weighted by Crippen LogP contribution is -2.19. The van der Waals surface area contributed by atoms with Crippen molar-refractivity contribution < 1.29 is 14.0 Å². The topological polar surface area (TPSA) is 102 Å². The number of anilines is 3. The highest BCUT2D eigenvalue weighted by molar-refractivity contribution is 7.71. The number of fused-ring (bicyclic) bond motifs is 1. The van der Waals surface area contributed by atoms with Crippen LogP contribution in [-0.2, 0) is 0 Å². The van der Waals surface area contributed by atoms with Crippen molar-refractivity contribution in [1.29, 1.82) is 0 Å². The highest BCUT2D eigenvalue weighted by atomic mass is 32.1. The Bertz CT molecular complexity index is 1300. The molecule has 1 heterocycles. The minimum Gasteiger partial charge on any atom is -0.331 e.